The standard InChI is InChI=1S/C77H141NO13/c1-3-5-7-9-11-13-15-17-19-21-23-25-27-29-31-32-33-35-36-38-40-42-44-46-48-50-52-54-56-58-60-66(81)65(64-88-76-74(87)72(85)75(68(63-80)90-76)91-77-73(86)71(84)70(83)67(62-79)89-77)78-69(82)61-59-57-55-53-51-49-47-45-43-41-39-37-34-30-28-26-24-22-20-18-16-14-12-10-8-6-4-2/h16,18,22,24,42,44,50,52,58,60,65-68,70-77,79-81,83-87H,3-15,17,19-21,23,25-41,43,45-49,51,53-57,59,61-64H2,1-2H3,(H,78,82)/b18-16-,24-22-,44-42+,52-50+,60-58+. The topological polar surface area (TPSA) is 228 Å². The van der Waals surface area contributed by atoms with Crippen LogP contribution in [0.2, 0.25) is 0 Å². The summed E-state index contributed by atoms with van der Waals surface area (Å²) in [6.07, 6.45) is 65.8. The van der Waals surface area contributed by atoms with E-state index in [9.17, 15) is 45.6 Å². The third-order valence-electron chi connectivity index (χ3n) is 18.4. The third kappa shape index (κ3) is 44.9. The molecule has 14 nitrogen and oxygen atoms in total. The maximum Gasteiger partial charge on any atom is 0.220 e. The molecular weight excluding hydrogens is 1150 g/mol. The van der Waals surface area contributed by atoms with Gasteiger partial charge in [-0.3, -0.25) is 4.79 Å². The molecule has 91 heavy (non-hydrogen) atoms. The first-order valence-electron chi connectivity index (χ1n) is 38.0. The Morgan fingerprint density at radius 3 is 1.14 bits per heavy atom. The highest BCUT2D eigenvalue weighted by molar-refractivity contribution is 5.76. The number of hydrogen-bond donors (Lipinski definition) is 9. The minimum Gasteiger partial charge on any atom is -0.394 e. The van der Waals surface area contributed by atoms with Crippen LogP contribution in [0.15, 0.2) is 60.8 Å². The van der Waals surface area contributed by atoms with E-state index in [1.54, 1.807) is 6.08 Å². The van der Waals surface area contributed by atoms with Crippen molar-refractivity contribution in [1.29, 1.82) is 0 Å². The maximum atomic E-state index is 13.4. The molecule has 2 heterocycles. The highest BCUT2D eigenvalue weighted by Crippen LogP contribution is 2.30. The Hall–Kier alpha value is -2.31. The van der Waals surface area contributed by atoms with E-state index in [1.807, 2.05) is 6.08 Å². The van der Waals surface area contributed by atoms with Crippen molar-refractivity contribution in [2.75, 3.05) is 19.8 Å². The molecule has 12 atom stereocenters. The van der Waals surface area contributed by atoms with Gasteiger partial charge in [0.15, 0.2) is 12.6 Å². The van der Waals surface area contributed by atoms with Gasteiger partial charge in [0.1, 0.15) is 48.8 Å². The fourth-order valence-electron chi connectivity index (χ4n) is 12.4. The summed E-state index contributed by atoms with van der Waals surface area (Å²) < 4.78 is 22.9. The van der Waals surface area contributed by atoms with Gasteiger partial charge in [-0.15, -0.1) is 0 Å². The second-order valence-corrected chi connectivity index (χ2v) is 26.8. The first-order chi connectivity index (χ1) is 44.6. The molecule has 2 fully saturated rings. The lowest BCUT2D eigenvalue weighted by atomic mass is 9.97. The Balaban J connectivity index is 1.67. The summed E-state index contributed by atoms with van der Waals surface area (Å²) in [6, 6.07) is -0.942. The first-order valence-corrected chi connectivity index (χ1v) is 38.0. The fourth-order valence-corrected chi connectivity index (χ4v) is 12.4. The molecule has 0 aromatic carbocycles. The summed E-state index contributed by atoms with van der Waals surface area (Å²) in [5.74, 6) is -0.250. The van der Waals surface area contributed by atoms with Gasteiger partial charge in [-0.1, -0.05) is 306 Å². The smallest absolute Gasteiger partial charge is 0.220 e. The van der Waals surface area contributed by atoms with Crippen molar-refractivity contribution in [2.45, 2.75) is 402 Å². The zero-order valence-electron chi connectivity index (χ0n) is 58.1. The number of aliphatic hydroxyl groups is 8. The Labute approximate surface area is 556 Å². The summed E-state index contributed by atoms with van der Waals surface area (Å²) >= 11 is 0. The van der Waals surface area contributed by atoms with Gasteiger partial charge < -0.3 is 65.1 Å². The Morgan fingerprint density at radius 2 is 0.736 bits per heavy atom. The number of allylic oxidation sites excluding steroid dienone is 9. The molecule has 0 spiro atoms. The van der Waals surface area contributed by atoms with Gasteiger partial charge in [-0.05, 0) is 77.0 Å². The quantitative estimate of drug-likeness (QED) is 0.0204. The number of nitrogens with one attached hydrogen (secondary N) is 1. The predicted molar refractivity (Wildman–Crippen MR) is 374 cm³/mol. The van der Waals surface area contributed by atoms with E-state index < -0.39 is 86.8 Å². The number of hydrogen-bond acceptors (Lipinski definition) is 13. The average molecular weight is 1290 g/mol. The van der Waals surface area contributed by atoms with Crippen LogP contribution in [0.1, 0.15) is 328 Å². The van der Waals surface area contributed by atoms with Gasteiger partial charge in [0.25, 0.3) is 0 Å². The van der Waals surface area contributed by atoms with E-state index in [2.05, 4.69) is 67.8 Å². The predicted octanol–water partition coefficient (Wildman–Crippen LogP) is 16.4. The van der Waals surface area contributed by atoms with E-state index in [1.165, 1.54) is 244 Å². The number of carbonyl (C=O) groups is 1. The molecular formula is C77H141NO13. The van der Waals surface area contributed by atoms with Gasteiger partial charge >= 0.3 is 0 Å². The van der Waals surface area contributed by atoms with E-state index in [0.29, 0.717) is 12.8 Å². The molecule has 0 bridgehead atoms. The molecule has 532 valence electrons. The number of unbranched alkanes of at least 4 members (excludes halogenated alkanes) is 42. The van der Waals surface area contributed by atoms with Crippen molar-refractivity contribution < 1.29 is 64.6 Å². The lowest BCUT2D eigenvalue weighted by Gasteiger charge is -2.46. The number of amides is 1. The summed E-state index contributed by atoms with van der Waals surface area (Å²) in [7, 11) is 0. The van der Waals surface area contributed by atoms with Gasteiger partial charge in [0, 0.05) is 6.42 Å². The molecule has 0 aromatic rings. The summed E-state index contributed by atoms with van der Waals surface area (Å²) in [4.78, 5) is 13.4. The normalized spacial score (nSPS) is 23.1. The highest BCUT2D eigenvalue weighted by Gasteiger charge is 2.51. The van der Waals surface area contributed by atoms with Crippen LogP contribution < -0.4 is 5.32 Å². The van der Waals surface area contributed by atoms with E-state index in [-0.39, 0.29) is 18.9 Å². The lowest BCUT2D eigenvalue weighted by molar-refractivity contribution is -0.359. The van der Waals surface area contributed by atoms with Crippen LogP contribution in [0.5, 0.6) is 0 Å². The second kappa shape index (κ2) is 61.3. The molecule has 1 amide bonds. The van der Waals surface area contributed by atoms with Crippen LogP contribution in [0.3, 0.4) is 0 Å². The van der Waals surface area contributed by atoms with Crippen molar-refractivity contribution in [3.63, 3.8) is 0 Å². The minimum atomic E-state index is -1.80. The van der Waals surface area contributed by atoms with Crippen molar-refractivity contribution in [3.05, 3.63) is 60.8 Å². The zero-order chi connectivity index (χ0) is 65.9. The molecule has 0 aromatic heterocycles. The van der Waals surface area contributed by atoms with E-state index in [4.69, 9.17) is 18.9 Å². The molecule has 9 N–H and O–H groups in total. The van der Waals surface area contributed by atoms with Crippen molar-refractivity contribution in [1.82, 2.24) is 5.32 Å². The molecule has 2 saturated heterocycles. The van der Waals surface area contributed by atoms with E-state index >= 15 is 0 Å². The van der Waals surface area contributed by atoms with Crippen LogP contribution in [0.4, 0.5) is 0 Å². The molecule has 0 aliphatic carbocycles. The van der Waals surface area contributed by atoms with Gasteiger partial charge in [0.05, 0.1) is 32.0 Å². The van der Waals surface area contributed by atoms with Crippen LogP contribution >= 0.6 is 0 Å². The SMILES string of the molecule is CCCCCCC/C=C\C/C=C\CCCCCCCCCCCCCCCCCC(=O)NC(COC1OC(CO)C(OC2OC(CO)C(O)C(O)C2O)C(O)C1O)C(O)/C=C/CC/C=C/CC/C=C/CCCCCCCCCCCCCCCCCCCCCC. The molecule has 14 heteroatoms. The minimum absolute atomic E-state index is 0.250. The molecule has 2 aliphatic rings. The average Bonchev–Trinajstić information content (AvgIpc) is 1.07. The molecule has 2 aliphatic heterocycles. The van der Waals surface area contributed by atoms with Gasteiger partial charge in [-0.2, -0.15) is 0 Å². The van der Waals surface area contributed by atoms with Crippen LogP contribution in [-0.2, 0) is 23.7 Å². The van der Waals surface area contributed by atoms with Crippen LogP contribution in [0, 0.1) is 0 Å². The van der Waals surface area contributed by atoms with Gasteiger partial charge in [-0.25, -0.2) is 0 Å². The monoisotopic (exact) mass is 1290 g/mol. The highest BCUT2D eigenvalue weighted by atomic mass is 16.7. The zero-order valence-corrected chi connectivity index (χ0v) is 58.1. The van der Waals surface area contributed by atoms with Crippen molar-refractivity contribution in [2.24, 2.45) is 0 Å². The number of rotatable bonds is 63. The molecule has 0 radical (unpaired) electrons. The van der Waals surface area contributed by atoms with Crippen molar-refractivity contribution in [3.8, 4) is 0 Å². The maximum absolute atomic E-state index is 13.4. The Bertz CT molecular complexity index is 1760. The molecule has 12 unspecified atom stereocenters. The summed E-state index contributed by atoms with van der Waals surface area (Å²) in [5.41, 5.74) is 0. The van der Waals surface area contributed by atoms with E-state index in [0.717, 1.165) is 51.4 Å². The second-order valence-electron chi connectivity index (χ2n) is 26.8. The van der Waals surface area contributed by atoms with Gasteiger partial charge in [0.2, 0.25) is 5.91 Å². The number of carbonyl (C=O) groups excluding carboxylic acids is 1. The lowest BCUT2D eigenvalue weighted by Crippen LogP contribution is -2.65. The summed E-state index contributed by atoms with van der Waals surface area (Å²) in [5, 5.41) is 87.5. The van der Waals surface area contributed by atoms with Crippen molar-refractivity contribution >= 4 is 5.91 Å². The van der Waals surface area contributed by atoms with Crippen LogP contribution in [0.25, 0.3) is 0 Å². The first kappa shape index (κ1) is 84.8. The Kier molecular flexibility index (Phi) is 57.1. The Morgan fingerprint density at radius 1 is 0.396 bits per heavy atom. The summed E-state index contributed by atoms with van der Waals surface area (Å²) in [6.45, 7) is 2.81. The largest absolute Gasteiger partial charge is 0.394 e. The number of aliphatic hydroxyl groups excluding tert-OH is 8. The third-order valence-corrected chi connectivity index (χ3v) is 18.4. The molecule has 0 saturated carbocycles. The molecule has 2 rings (SSSR count). The van der Waals surface area contributed by atoms with Crippen LogP contribution in [-0.4, -0.2) is 140 Å². The fraction of sp³-hybridized carbons (Fsp3) is 0.857. The number of ether oxygens (including phenoxy) is 4.